The van der Waals surface area contributed by atoms with Crippen molar-refractivity contribution in [2.24, 2.45) is 0 Å². The van der Waals surface area contributed by atoms with Crippen LogP contribution in [0.25, 0.3) is 0 Å². The highest BCUT2D eigenvalue weighted by Gasteiger charge is 2.09. The van der Waals surface area contributed by atoms with Crippen LogP contribution in [-0.4, -0.2) is 33.1 Å². The average molecular weight is 248 g/mol. The monoisotopic (exact) mass is 248 g/mol. The van der Waals surface area contributed by atoms with E-state index >= 15 is 0 Å². The van der Waals surface area contributed by atoms with Gasteiger partial charge in [0.05, 0.1) is 18.9 Å². The molecule has 2 aromatic heterocycles. The van der Waals surface area contributed by atoms with E-state index in [1.165, 1.54) is 12.4 Å². The maximum Gasteiger partial charge on any atom is 0.271 e. The first-order valence-corrected chi connectivity index (χ1v) is 5.26. The quantitative estimate of drug-likeness (QED) is 0.792. The molecule has 1 amide bonds. The van der Waals surface area contributed by atoms with Crippen LogP contribution in [0.1, 0.15) is 22.2 Å². The van der Waals surface area contributed by atoms with Crippen molar-refractivity contribution in [2.75, 3.05) is 12.4 Å². The van der Waals surface area contributed by atoms with Crippen molar-refractivity contribution in [1.82, 2.24) is 25.4 Å². The molecule has 0 aliphatic heterocycles. The lowest BCUT2D eigenvalue weighted by Gasteiger charge is -2.02. The number of anilines is 1. The predicted molar refractivity (Wildman–Crippen MR) is 61.8 cm³/mol. The fraction of sp³-hybridized carbons (Fsp3) is 0.300. The molecular weight excluding hydrogens is 236 g/mol. The van der Waals surface area contributed by atoms with Gasteiger partial charge in [0.15, 0.2) is 5.82 Å². The highest BCUT2D eigenvalue weighted by molar-refractivity contribution is 5.91. The summed E-state index contributed by atoms with van der Waals surface area (Å²) < 4.78 is 4.78. The predicted octanol–water partition coefficient (Wildman–Crippen LogP) is 0.140. The zero-order valence-corrected chi connectivity index (χ0v) is 9.97. The first kappa shape index (κ1) is 12.0. The summed E-state index contributed by atoms with van der Waals surface area (Å²) in [5, 5.41) is 9.10. The lowest BCUT2D eigenvalue weighted by atomic mass is 10.4. The molecule has 8 heteroatoms. The Morgan fingerprint density at radius 1 is 1.39 bits per heavy atom. The van der Waals surface area contributed by atoms with Crippen LogP contribution in [0.2, 0.25) is 0 Å². The Kier molecular flexibility index (Phi) is 3.46. The number of hydrogen-bond acceptors (Lipinski definition) is 7. The van der Waals surface area contributed by atoms with Gasteiger partial charge in [-0.3, -0.25) is 4.79 Å². The molecule has 0 spiro atoms. The highest BCUT2D eigenvalue weighted by atomic mass is 16.5. The zero-order chi connectivity index (χ0) is 13.0. The molecule has 0 saturated heterocycles. The molecule has 8 nitrogen and oxygen atoms in total. The van der Waals surface area contributed by atoms with Gasteiger partial charge in [-0.05, 0) is 0 Å². The van der Waals surface area contributed by atoms with Crippen molar-refractivity contribution in [2.45, 2.75) is 13.5 Å². The minimum atomic E-state index is -0.340. The van der Waals surface area contributed by atoms with Gasteiger partial charge in [0.1, 0.15) is 11.5 Å². The van der Waals surface area contributed by atoms with E-state index in [1.807, 2.05) is 0 Å². The van der Waals surface area contributed by atoms with Crippen molar-refractivity contribution in [1.29, 1.82) is 0 Å². The standard InChI is InChI=1S/C10H12N6O2/c1-6-15-9(16-18-6)5-14-10(17)7-3-13-8(11-2)4-12-7/h3-4H,5H2,1-2H3,(H,11,13)(H,14,17). The summed E-state index contributed by atoms with van der Waals surface area (Å²) in [6.07, 6.45) is 2.87. The van der Waals surface area contributed by atoms with E-state index < -0.39 is 0 Å². The summed E-state index contributed by atoms with van der Waals surface area (Å²) in [6.45, 7) is 1.87. The number of nitrogens with zero attached hydrogens (tertiary/aromatic N) is 4. The number of aromatic nitrogens is 4. The van der Waals surface area contributed by atoms with E-state index in [0.29, 0.717) is 17.5 Å². The van der Waals surface area contributed by atoms with Gasteiger partial charge in [0, 0.05) is 14.0 Å². The highest BCUT2D eigenvalue weighted by Crippen LogP contribution is 2.00. The van der Waals surface area contributed by atoms with Crippen molar-refractivity contribution < 1.29 is 9.32 Å². The Labute approximate surface area is 103 Å². The molecule has 0 unspecified atom stereocenters. The fourth-order valence-electron chi connectivity index (χ4n) is 1.24. The molecule has 0 saturated carbocycles. The van der Waals surface area contributed by atoms with Crippen LogP contribution >= 0.6 is 0 Å². The maximum atomic E-state index is 11.7. The smallest absolute Gasteiger partial charge is 0.271 e. The van der Waals surface area contributed by atoms with Gasteiger partial charge in [0.25, 0.3) is 5.91 Å². The molecule has 18 heavy (non-hydrogen) atoms. The first-order valence-electron chi connectivity index (χ1n) is 5.26. The van der Waals surface area contributed by atoms with Gasteiger partial charge in [-0.1, -0.05) is 5.16 Å². The second-order valence-corrected chi connectivity index (χ2v) is 3.45. The summed E-state index contributed by atoms with van der Waals surface area (Å²) in [5.74, 6) is 1.13. The molecule has 2 rings (SSSR count). The summed E-state index contributed by atoms with van der Waals surface area (Å²) in [5.41, 5.74) is 0.231. The molecular formula is C10H12N6O2. The van der Waals surface area contributed by atoms with Crippen LogP contribution in [0.4, 0.5) is 5.82 Å². The Balaban J connectivity index is 1.94. The number of aryl methyl sites for hydroxylation is 1. The van der Waals surface area contributed by atoms with E-state index in [-0.39, 0.29) is 18.1 Å². The number of amides is 1. The van der Waals surface area contributed by atoms with Crippen LogP contribution in [0.5, 0.6) is 0 Å². The van der Waals surface area contributed by atoms with E-state index in [2.05, 4.69) is 30.7 Å². The van der Waals surface area contributed by atoms with Crippen molar-refractivity contribution in [3.8, 4) is 0 Å². The third kappa shape index (κ3) is 2.78. The largest absolute Gasteiger partial charge is 0.372 e. The molecule has 2 N–H and O–H groups in total. The number of nitrogens with one attached hydrogen (secondary N) is 2. The molecule has 0 aromatic carbocycles. The minimum Gasteiger partial charge on any atom is -0.372 e. The number of rotatable bonds is 4. The second-order valence-electron chi connectivity index (χ2n) is 3.45. The molecule has 0 radical (unpaired) electrons. The van der Waals surface area contributed by atoms with Gasteiger partial charge < -0.3 is 15.2 Å². The van der Waals surface area contributed by atoms with Crippen molar-refractivity contribution in [3.63, 3.8) is 0 Å². The van der Waals surface area contributed by atoms with Gasteiger partial charge >= 0.3 is 0 Å². The van der Waals surface area contributed by atoms with Gasteiger partial charge in [-0.15, -0.1) is 0 Å². The second kappa shape index (κ2) is 5.21. The summed E-state index contributed by atoms with van der Waals surface area (Å²) in [4.78, 5) is 23.6. The van der Waals surface area contributed by atoms with Crippen LogP contribution in [0.15, 0.2) is 16.9 Å². The SMILES string of the molecule is CNc1cnc(C(=O)NCc2noc(C)n2)cn1. The molecule has 0 fully saturated rings. The lowest BCUT2D eigenvalue weighted by Crippen LogP contribution is -2.24. The Hall–Kier alpha value is -2.51. The Morgan fingerprint density at radius 2 is 2.22 bits per heavy atom. The Morgan fingerprint density at radius 3 is 2.78 bits per heavy atom. The van der Waals surface area contributed by atoms with E-state index in [0.717, 1.165) is 0 Å². The van der Waals surface area contributed by atoms with Crippen LogP contribution in [0, 0.1) is 6.92 Å². The van der Waals surface area contributed by atoms with Crippen LogP contribution in [-0.2, 0) is 6.54 Å². The third-order valence-electron chi connectivity index (χ3n) is 2.12. The third-order valence-corrected chi connectivity index (χ3v) is 2.12. The number of hydrogen-bond donors (Lipinski definition) is 2. The summed E-state index contributed by atoms with van der Waals surface area (Å²) in [6, 6.07) is 0. The van der Waals surface area contributed by atoms with Crippen molar-refractivity contribution >= 4 is 11.7 Å². The molecule has 2 aromatic rings. The molecule has 2 heterocycles. The summed E-state index contributed by atoms with van der Waals surface area (Å²) >= 11 is 0. The minimum absolute atomic E-state index is 0.186. The van der Waals surface area contributed by atoms with Crippen molar-refractivity contribution in [3.05, 3.63) is 29.8 Å². The maximum absolute atomic E-state index is 11.7. The van der Waals surface area contributed by atoms with E-state index in [4.69, 9.17) is 4.52 Å². The molecule has 0 aliphatic rings. The summed E-state index contributed by atoms with van der Waals surface area (Å²) in [7, 11) is 1.72. The average Bonchev–Trinajstić information content (AvgIpc) is 2.82. The Bertz CT molecular complexity index is 536. The molecule has 0 bridgehead atoms. The van der Waals surface area contributed by atoms with E-state index in [1.54, 1.807) is 14.0 Å². The topological polar surface area (TPSA) is 106 Å². The fourth-order valence-corrected chi connectivity index (χ4v) is 1.24. The van der Waals surface area contributed by atoms with Gasteiger partial charge in [-0.2, -0.15) is 4.98 Å². The number of carbonyl (C=O) groups excluding carboxylic acids is 1. The lowest BCUT2D eigenvalue weighted by molar-refractivity contribution is 0.0944. The van der Waals surface area contributed by atoms with Gasteiger partial charge in [0.2, 0.25) is 5.89 Å². The zero-order valence-electron chi connectivity index (χ0n) is 9.97. The molecule has 0 aliphatic carbocycles. The van der Waals surface area contributed by atoms with E-state index in [9.17, 15) is 4.79 Å². The first-order chi connectivity index (χ1) is 8.69. The number of carbonyl (C=O) groups is 1. The molecule has 0 atom stereocenters. The normalized spacial score (nSPS) is 10.1. The molecule has 94 valence electrons. The van der Waals surface area contributed by atoms with Gasteiger partial charge in [-0.25, -0.2) is 9.97 Å². The van der Waals surface area contributed by atoms with Crippen LogP contribution in [0.3, 0.4) is 0 Å². The van der Waals surface area contributed by atoms with Crippen LogP contribution < -0.4 is 10.6 Å².